The van der Waals surface area contributed by atoms with Crippen molar-refractivity contribution in [2.75, 3.05) is 25.0 Å². The van der Waals surface area contributed by atoms with Crippen molar-refractivity contribution in [2.24, 2.45) is 0 Å². The summed E-state index contributed by atoms with van der Waals surface area (Å²) in [6.07, 6.45) is 5.42. The molecule has 2 heterocycles. The monoisotopic (exact) mass is 461 g/mol. The molecule has 0 unspecified atom stereocenters. The highest BCUT2D eigenvalue weighted by Crippen LogP contribution is 2.35. The third-order valence-electron chi connectivity index (χ3n) is 6.21. The topological polar surface area (TPSA) is 48.4 Å². The SMILES string of the molecule is Oc1c(F)cc(-c2ccc3nccc(Nc4cccc(CCN5CCCC5)c4)c3c2)cc1Cl. The Morgan fingerprint density at radius 2 is 1.85 bits per heavy atom. The van der Waals surface area contributed by atoms with Crippen molar-refractivity contribution in [3.63, 3.8) is 0 Å². The Bertz CT molecular complexity index is 1280. The maximum absolute atomic E-state index is 14.0. The summed E-state index contributed by atoms with van der Waals surface area (Å²) in [6.45, 7) is 3.51. The number of aromatic hydroxyl groups is 1. The highest BCUT2D eigenvalue weighted by Gasteiger charge is 2.13. The van der Waals surface area contributed by atoms with Crippen LogP contribution in [0.4, 0.5) is 15.8 Å². The molecule has 4 nitrogen and oxygen atoms in total. The molecule has 0 saturated carbocycles. The van der Waals surface area contributed by atoms with Crippen molar-refractivity contribution in [2.45, 2.75) is 19.3 Å². The number of pyridine rings is 1. The maximum Gasteiger partial charge on any atom is 0.170 e. The standard InChI is InChI=1S/C27H25ClFN3O/c28-23-16-20(17-24(29)27(23)33)19-6-7-25-22(15-19)26(8-10-30-25)31-21-5-3-4-18(14-21)9-13-32-11-1-2-12-32/h3-8,10,14-17,33H,1-2,9,11-13H2,(H,30,31). The lowest BCUT2D eigenvalue weighted by atomic mass is 10.0. The van der Waals surface area contributed by atoms with Gasteiger partial charge in [-0.2, -0.15) is 0 Å². The van der Waals surface area contributed by atoms with Gasteiger partial charge in [0.25, 0.3) is 0 Å². The zero-order valence-corrected chi connectivity index (χ0v) is 18.9. The molecular weight excluding hydrogens is 437 g/mol. The van der Waals surface area contributed by atoms with Crippen LogP contribution in [0, 0.1) is 5.82 Å². The summed E-state index contributed by atoms with van der Waals surface area (Å²) in [4.78, 5) is 7.00. The molecule has 0 aliphatic carbocycles. The van der Waals surface area contributed by atoms with Gasteiger partial charge in [0.1, 0.15) is 0 Å². The minimum Gasteiger partial charge on any atom is -0.504 e. The largest absolute Gasteiger partial charge is 0.504 e. The van der Waals surface area contributed by atoms with Crippen LogP contribution < -0.4 is 5.32 Å². The molecule has 33 heavy (non-hydrogen) atoms. The van der Waals surface area contributed by atoms with Gasteiger partial charge >= 0.3 is 0 Å². The lowest BCUT2D eigenvalue weighted by Gasteiger charge is -2.15. The van der Waals surface area contributed by atoms with E-state index in [1.165, 1.54) is 37.6 Å². The minimum absolute atomic E-state index is 0.0135. The molecule has 1 aromatic heterocycles. The average molecular weight is 462 g/mol. The molecule has 4 aromatic rings. The number of phenolic OH excluding ortho intramolecular Hbond substituents is 1. The van der Waals surface area contributed by atoms with Crippen molar-refractivity contribution in [1.82, 2.24) is 9.88 Å². The van der Waals surface area contributed by atoms with Crippen LogP contribution in [0.25, 0.3) is 22.0 Å². The number of hydrogen-bond donors (Lipinski definition) is 2. The van der Waals surface area contributed by atoms with E-state index in [1.807, 2.05) is 24.3 Å². The van der Waals surface area contributed by atoms with Crippen LogP contribution in [0.5, 0.6) is 5.75 Å². The molecule has 1 saturated heterocycles. The second kappa shape index (κ2) is 9.38. The van der Waals surface area contributed by atoms with E-state index in [0.717, 1.165) is 40.8 Å². The van der Waals surface area contributed by atoms with Crippen molar-refractivity contribution < 1.29 is 9.50 Å². The van der Waals surface area contributed by atoms with Gasteiger partial charge in [-0.3, -0.25) is 4.98 Å². The van der Waals surface area contributed by atoms with E-state index in [9.17, 15) is 9.50 Å². The quantitative estimate of drug-likeness (QED) is 0.332. The Kier molecular flexibility index (Phi) is 6.16. The maximum atomic E-state index is 14.0. The van der Waals surface area contributed by atoms with Gasteiger partial charge in [-0.05, 0) is 91.5 Å². The number of hydrogen-bond acceptors (Lipinski definition) is 4. The predicted octanol–water partition coefficient (Wildman–Crippen LogP) is 6.78. The van der Waals surface area contributed by atoms with Crippen LogP contribution >= 0.6 is 11.6 Å². The van der Waals surface area contributed by atoms with Gasteiger partial charge in [0.15, 0.2) is 11.6 Å². The number of rotatable bonds is 6. The first-order chi connectivity index (χ1) is 16.1. The summed E-state index contributed by atoms with van der Waals surface area (Å²) >= 11 is 5.99. The van der Waals surface area contributed by atoms with Crippen LogP contribution in [0.3, 0.4) is 0 Å². The van der Waals surface area contributed by atoms with E-state index in [1.54, 1.807) is 12.3 Å². The minimum atomic E-state index is -0.743. The molecule has 0 bridgehead atoms. The number of likely N-dealkylation sites (tertiary alicyclic amines) is 1. The van der Waals surface area contributed by atoms with E-state index in [2.05, 4.69) is 39.5 Å². The lowest BCUT2D eigenvalue weighted by Crippen LogP contribution is -2.21. The van der Waals surface area contributed by atoms with Crippen LogP contribution in [-0.2, 0) is 6.42 Å². The smallest absolute Gasteiger partial charge is 0.170 e. The van der Waals surface area contributed by atoms with Gasteiger partial charge in [-0.15, -0.1) is 0 Å². The number of anilines is 2. The first kappa shape index (κ1) is 21.7. The van der Waals surface area contributed by atoms with Gasteiger partial charge < -0.3 is 15.3 Å². The number of fused-ring (bicyclic) bond motifs is 1. The van der Waals surface area contributed by atoms with Crippen LogP contribution in [0.1, 0.15) is 18.4 Å². The Labute approximate surface area is 197 Å². The Morgan fingerprint density at radius 3 is 2.67 bits per heavy atom. The van der Waals surface area contributed by atoms with E-state index in [0.29, 0.717) is 5.56 Å². The van der Waals surface area contributed by atoms with Gasteiger partial charge in [-0.1, -0.05) is 29.8 Å². The predicted molar refractivity (Wildman–Crippen MR) is 133 cm³/mol. The average Bonchev–Trinajstić information content (AvgIpc) is 3.35. The summed E-state index contributed by atoms with van der Waals surface area (Å²) < 4.78 is 14.0. The molecule has 0 amide bonds. The third kappa shape index (κ3) is 4.80. The van der Waals surface area contributed by atoms with Crippen LogP contribution in [-0.4, -0.2) is 34.6 Å². The molecule has 3 aromatic carbocycles. The molecule has 1 aliphatic heterocycles. The van der Waals surface area contributed by atoms with E-state index in [-0.39, 0.29) is 5.02 Å². The first-order valence-electron chi connectivity index (χ1n) is 11.2. The zero-order chi connectivity index (χ0) is 22.8. The number of benzene rings is 3. The van der Waals surface area contributed by atoms with Gasteiger partial charge in [0, 0.05) is 29.5 Å². The lowest BCUT2D eigenvalue weighted by molar-refractivity contribution is 0.343. The van der Waals surface area contributed by atoms with Crippen LogP contribution in [0.2, 0.25) is 5.02 Å². The number of phenols is 1. The molecule has 168 valence electrons. The Hall–Kier alpha value is -3.15. The molecule has 1 fully saturated rings. The Balaban J connectivity index is 1.43. The second-order valence-corrected chi connectivity index (χ2v) is 8.91. The summed E-state index contributed by atoms with van der Waals surface area (Å²) in [7, 11) is 0. The van der Waals surface area contributed by atoms with Gasteiger partial charge in [-0.25, -0.2) is 4.39 Å². The molecule has 0 atom stereocenters. The van der Waals surface area contributed by atoms with Crippen molar-refractivity contribution in [1.29, 1.82) is 0 Å². The first-order valence-corrected chi connectivity index (χ1v) is 11.6. The molecule has 0 radical (unpaired) electrons. The molecule has 5 rings (SSSR count). The summed E-state index contributed by atoms with van der Waals surface area (Å²) in [5.74, 6) is -1.28. The summed E-state index contributed by atoms with van der Waals surface area (Å²) in [6, 6.07) is 19.0. The Morgan fingerprint density at radius 1 is 1.00 bits per heavy atom. The highest BCUT2D eigenvalue weighted by atomic mass is 35.5. The number of nitrogens with zero attached hydrogens (tertiary/aromatic N) is 2. The number of halogens is 2. The molecule has 1 aliphatic rings. The molecular formula is C27H25ClFN3O. The number of nitrogens with one attached hydrogen (secondary N) is 1. The van der Waals surface area contributed by atoms with Gasteiger partial charge in [0.05, 0.1) is 10.5 Å². The van der Waals surface area contributed by atoms with Crippen molar-refractivity contribution in [3.8, 4) is 16.9 Å². The van der Waals surface area contributed by atoms with E-state index < -0.39 is 11.6 Å². The number of aromatic nitrogens is 1. The highest BCUT2D eigenvalue weighted by molar-refractivity contribution is 6.32. The van der Waals surface area contributed by atoms with Crippen LogP contribution in [0.15, 0.2) is 66.9 Å². The van der Waals surface area contributed by atoms with Gasteiger partial charge in [0.2, 0.25) is 0 Å². The fourth-order valence-corrected chi connectivity index (χ4v) is 4.63. The molecule has 0 spiro atoms. The molecule has 6 heteroatoms. The van der Waals surface area contributed by atoms with Crippen molar-refractivity contribution >= 4 is 33.9 Å². The summed E-state index contributed by atoms with van der Waals surface area (Å²) in [5, 5.41) is 14.1. The third-order valence-corrected chi connectivity index (χ3v) is 6.50. The second-order valence-electron chi connectivity index (χ2n) is 8.50. The van der Waals surface area contributed by atoms with E-state index in [4.69, 9.17) is 11.6 Å². The normalized spacial score (nSPS) is 14.1. The molecule has 2 N–H and O–H groups in total. The fraction of sp³-hybridized carbons (Fsp3) is 0.222. The fourth-order valence-electron chi connectivity index (χ4n) is 4.42. The van der Waals surface area contributed by atoms with E-state index >= 15 is 0 Å². The van der Waals surface area contributed by atoms with Crippen molar-refractivity contribution in [3.05, 3.63) is 83.3 Å². The zero-order valence-electron chi connectivity index (χ0n) is 18.2. The summed E-state index contributed by atoms with van der Waals surface area (Å²) in [5.41, 5.74) is 5.46.